The number of rotatable bonds is 11. The molecule has 3 aromatic rings. The Morgan fingerprint density at radius 1 is 1.18 bits per heavy atom. The number of halogens is 3. The van der Waals surface area contributed by atoms with E-state index in [9.17, 15) is 32.3 Å². The molecule has 12 nitrogen and oxygen atoms in total. The van der Waals surface area contributed by atoms with E-state index >= 15 is 0 Å². The Kier molecular flexibility index (Phi) is 9.47. The average molecular weight is 569 g/mol. The number of nitrogens with one attached hydrogen (secondary N) is 2. The molecule has 0 aliphatic heterocycles. The van der Waals surface area contributed by atoms with Crippen LogP contribution in [0.4, 0.5) is 13.2 Å². The van der Waals surface area contributed by atoms with Gasteiger partial charge in [-0.2, -0.15) is 0 Å². The third-order valence-electron chi connectivity index (χ3n) is 5.17. The molecule has 2 amide bonds. The third-order valence-corrected chi connectivity index (χ3v) is 6.34. The van der Waals surface area contributed by atoms with Crippen molar-refractivity contribution < 1.29 is 37.4 Å². The van der Waals surface area contributed by atoms with Gasteiger partial charge in [0.25, 0.3) is 5.56 Å². The number of carbonyl (C=O) groups is 3. The molecular weight excluding hydrogens is 545 g/mol. The molecule has 0 fully saturated rings. The standard InChI is InChI=1S/C23H23F3N6O6S/c1-12(13-5-7-14(8-6-13)38-23(24,25)26)29-18(33)10-32-22(37)15-3-2-4-17(20(15)30-31-32)39-11-16(27)21(36)28-9-19(34)35/h2-8,12,16H,9-11,27H2,1H3,(H,28,36)(H,29,33)(H,34,35). The highest BCUT2D eigenvalue weighted by molar-refractivity contribution is 7.99. The number of amides is 2. The second kappa shape index (κ2) is 12.6. The van der Waals surface area contributed by atoms with Crippen LogP contribution in [-0.2, 0) is 20.9 Å². The number of hydrogen-bond donors (Lipinski definition) is 4. The van der Waals surface area contributed by atoms with E-state index in [4.69, 9.17) is 10.8 Å². The fourth-order valence-corrected chi connectivity index (χ4v) is 4.28. The maximum Gasteiger partial charge on any atom is 0.573 e. The van der Waals surface area contributed by atoms with Crippen molar-refractivity contribution in [2.75, 3.05) is 12.3 Å². The lowest BCUT2D eigenvalue weighted by Crippen LogP contribution is -2.44. The van der Waals surface area contributed by atoms with Crippen LogP contribution < -0.4 is 26.7 Å². The molecule has 0 saturated heterocycles. The van der Waals surface area contributed by atoms with Gasteiger partial charge in [0.05, 0.1) is 17.5 Å². The number of aromatic nitrogens is 3. The van der Waals surface area contributed by atoms with Gasteiger partial charge in [-0.3, -0.25) is 19.2 Å². The zero-order valence-electron chi connectivity index (χ0n) is 20.3. The molecule has 5 N–H and O–H groups in total. The van der Waals surface area contributed by atoms with E-state index in [1.807, 2.05) is 0 Å². The molecule has 1 heterocycles. The Labute approximate surface area is 222 Å². The molecule has 208 valence electrons. The number of carboxylic acid groups (broad SMARTS) is 1. The van der Waals surface area contributed by atoms with E-state index in [-0.39, 0.29) is 16.7 Å². The summed E-state index contributed by atoms with van der Waals surface area (Å²) in [6.45, 7) is 0.585. The largest absolute Gasteiger partial charge is 0.573 e. The Balaban J connectivity index is 1.65. The summed E-state index contributed by atoms with van der Waals surface area (Å²) < 4.78 is 41.7. The van der Waals surface area contributed by atoms with E-state index in [1.54, 1.807) is 19.1 Å². The van der Waals surface area contributed by atoms with Crippen LogP contribution in [0.3, 0.4) is 0 Å². The smallest absolute Gasteiger partial charge is 0.480 e. The molecule has 1 aromatic heterocycles. The monoisotopic (exact) mass is 568 g/mol. The van der Waals surface area contributed by atoms with Crippen molar-refractivity contribution in [1.82, 2.24) is 25.6 Å². The summed E-state index contributed by atoms with van der Waals surface area (Å²) in [7, 11) is 0. The normalized spacial score (nSPS) is 12.9. The Morgan fingerprint density at radius 3 is 2.51 bits per heavy atom. The van der Waals surface area contributed by atoms with Crippen molar-refractivity contribution in [3.63, 3.8) is 0 Å². The molecule has 39 heavy (non-hydrogen) atoms. The van der Waals surface area contributed by atoms with Crippen molar-refractivity contribution in [2.45, 2.75) is 36.8 Å². The number of thioether (sulfide) groups is 1. The van der Waals surface area contributed by atoms with Gasteiger partial charge >= 0.3 is 12.3 Å². The number of carboxylic acids is 1. The van der Waals surface area contributed by atoms with E-state index in [2.05, 4.69) is 25.7 Å². The van der Waals surface area contributed by atoms with Gasteiger partial charge in [-0.15, -0.1) is 30.0 Å². The molecule has 0 spiro atoms. The minimum Gasteiger partial charge on any atom is -0.480 e. The lowest BCUT2D eigenvalue weighted by atomic mass is 10.1. The highest BCUT2D eigenvalue weighted by Crippen LogP contribution is 2.25. The van der Waals surface area contributed by atoms with Gasteiger partial charge in [0.15, 0.2) is 0 Å². The van der Waals surface area contributed by atoms with Crippen molar-refractivity contribution in [3.8, 4) is 5.75 Å². The minimum absolute atomic E-state index is 0.0684. The van der Waals surface area contributed by atoms with Crippen LogP contribution in [-0.4, -0.2) is 62.6 Å². The number of fused-ring (bicyclic) bond motifs is 1. The molecule has 0 aliphatic carbocycles. The van der Waals surface area contributed by atoms with Crippen LogP contribution in [0.15, 0.2) is 52.2 Å². The fourth-order valence-electron chi connectivity index (χ4n) is 3.31. The van der Waals surface area contributed by atoms with Gasteiger partial charge in [-0.05, 0) is 36.8 Å². The van der Waals surface area contributed by atoms with Crippen LogP contribution in [0.2, 0.25) is 0 Å². The Morgan fingerprint density at radius 2 is 1.87 bits per heavy atom. The summed E-state index contributed by atoms with van der Waals surface area (Å²) in [5.41, 5.74) is 5.94. The summed E-state index contributed by atoms with van der Waals surface area (Å²) in [6.07, 6.45) is -4.82. The second-order valence-corrected chi connectivity index (χ2v) is 9.20. The van der Waals surface area contributed by atoms with Crippen LogP contribution in [0, 0.1) is 0 Å². The number of nitrogens with two attached hydrogens (primary N) is 1. The van der Waals surface area contributed by atoms with Crippen molar-refractivity contribution in [1.29, 1.82) is 0 Å². The van der Waals surface area contributed by atoms with Gasteiger partial charge in [-0.1, -0.05) is 23.4 Å². The first-order chi connectivity index (χ1) is 18.3. The van der Waals surface area contributed by atoms with E-state index in [0.717, 1.165) is 28.6 Å². The quantitative estimate of drug-likeness (QED) is 0.246. The molecule has 2 unspecified atom stereocenters. The highest BCUT2D eigenvalue weighted by atomic mass is 32.2. The lowest BCUT2D eigenvalue weighted by Gasteiger charge is -2.16. The van der Waals surface area contributed by atoms with E-state index in [0.29, 0.717) is 10.5 Å². The number of benzene rings is 2. The molecule has 16 heteroatoms. The molecule has 0 bridgehead atoms. The molecule has 3 rings (SSSR count). The predicted molar refractivity (Wildman–Crippen MR) is 133 cm³/mol. The predicted octanol–water partition coefficient (Wildman–Crippen LogP) is 1.19. The summed E-state index contributed by atoms with van der Waals surface area (Å²) in [5, 5.41) is 21.5. The maximum absolute atomic E-state index is 12.9. The molecule has 0 radical (unpaired) electrons. The summed E-state index contributed by atoms with van der Waals surface area (Å²) in [4.78, 5) is 48.4. The molecule has 0 aliphatic rings. The topological polar surface area (TPSA) is 179 Å². The number of ether oxygens (including phenoxy) is 1. The second-order valence-electron chi connectivity index (χ2n) is 8.14. The zero-order chi connectivity index (χ0) is 28.7. The van der Waals surface area contributed by atoms with Crippen LogP contribution in [0.25, 0.3) is 10.9 Å². The van der Waals surface area contributed by atoms with Crippen molar-refractivity contribution >= 4 is 40.4 Å². The van der Waals surface area contributed by atoms with E-state index < -0.39 is 60.6 Å². The first-order valence-corrected chi connectivity index (χ1v) is 12.2. The van der Waals surface area contributed by atoms with Crippen molar-refractivity contribution in [2.24, 2.45) is 5.73 Å². The first-order valence-electron chi connectivity index (χ1n) is 11.2. The van der Waals surface area contributed by atoms with Gasteiger partial charge in [0.2, 0.25) is 11.8 Å². The van der Waals surface area contributed by atoms with Crippen LogP contribution in [0.5, 0.6) is 5.75 Å². The number of aliphatic carboxylic acids is 1. The number of alkyl halides is 3. The highest BCUT2D eigenvalue weighted by Gasteiger charge is 2.31. The number of hydrogen-bond acceptors (Lipinski definition) is 9. The van der Waals surface area contributed by atoms with Gasteiger partial charge in [-0.25, -0.2) is 4.68 Å². The minimum atomic E-state index is -4.82. The third kappa shape index (κ3) is 8.41. The average Bonchev–Trinajstić information content (AvgIpc) is 2.86. The van der Waals surface area contributed by atoms with Crippen LogP contribution in [0.1, 0.15) is 18.5 Å². The van der Waals surface area contributed by atoms with Gasteiger partial charge in [0, 0.05) is 10.6 Å². The summed E-state index contributed by atoms with van der Waals surface area (Å²) in [6, 6.07) is 8.10. The SMILES string of the molecule is CC(NC(=O)Cn1nnc2c(SCC(N)C(=O)NCC(=O)O)cccc2c1=O)c1ccc(OC(F)(F)F)cc1. The first kappa shape index (κ1) is 29.4. The van der Waals surface area contributed by atoms with Gasteiger partial charge in [0.1, 0.15) is 24.4 Å². The molecule has 2 aromatic carbocycles. The van der Waals surface area contributed by atoms with Gasteiger partial charge < -0.3 is 26.2 Å². The number of nitrogens with zero attached hydrogens (tertiary/aromatic N) is 3. The maximum atomic E-state index is 12.9. The molecular formula is C23H23F3N6O6S. The Bertz CT molecular complexity index is 1420. The fraction of sp³-hybridized carbons (Fsp3) is 0.304. The zero-order valence-corrected chi connectivity index (χ0v) is 21.1. The molecule has 0 saturated carbocycles. The van der Waals surface area contributed by atoms with Crippen LogP contribution >= 0.6 is 11.8 Å². The summed E-state index contributed by atoms with van der Waals surface area (Å²) in [5.74, 6) is -2.77. The van der Waals surface area contributed by atoms with E-state index in [1.165, 1.54) is 18.2 Å². The number of carbonyl (C=O) groups excluding carboxylic acids is 2. The Hall–Kier alpha value is -4.18. The summed E-state index contributed by atoms with van der Waals surface area (Å²) >= 11 is 1.12. The lowest BCUT2D eigenvalue weighted by molar-refractivity contribution is -0.274. The van der Waals surface area contributed by atoms with Crippen molar-refractivity contribution in [3.05, 3.63) is 58.4 Å². The molecule has 2 atom stereocenters.